The highest BCUT2D eigenvalue weighted by molar-refractivity contribution is 6.30. The summed E-state index contributed by atoms with van der Waals surface area (Å²) >= 11 is 5.97. The summed E-state index contributed by atoms with van der Waals surface area (Å²) in [6.07, 6.45) is 0. The number of aryl methyl sites for hydroxylation is 2. The lowest BCUT2D eigenvalue weighted by atomic mass is 10.1. The molecule has 2 rings (SSSR count). The average molecular weight is 263 g/mol. The van der Waals surface area contributed by atoms with Crippen LogP contribution in [0.1, 0.15) is 29.9 Å². The van der Waals surface area contributed by atoms with Gasteiger partial charge in [0.25, 0.3) is 0 Å². The molecule has 0 spiro atoms. The van der Waals surface area contributed by atoms with Crippen molar-refractivity contribution >= 4 is 17.5 Å². The molecule has 1 unspecified atom stereocenters. The van der Waals surface area contributed by atoms with Crippen LogP contribution in [0.5, 0.6) is 0 Å². The molecule has 2 aromatic rings. The van der Waals surface area contributed by atoms with Gasteiger partial charge < -0.3 is 5.32 Å². The Morgan fingerprint density at radius 3 is 2.61 bits per heavy atom. The van der Waals surface area contributed by atoms with E-state index in [4.69, 9.17) is 11.6 Å². The molecular formula is C13H15ClN4. The average Bonchev–Trinajstić information content (AvgIpc) is 2.34. The number of aromatic nitrogens is 3. The van der Waals surface area contributed by atoms with Gasteiger partial charge in [-0.05, 0) is 38.5 Å². The predicted octanol–water partition coefficient (Wildman–Crippen LogP) is 3.31. The maximum Gasteiger partial charge on any atom is 0.243 e. The van der Waals surface area contributed by atoms with Gasteiger partial charge in [0.1, 0.15) is 0 Å². The molecule has 1 aromatic carbocycles. The van der Waals surface area contributed by atoms with Crippen molar-refractivity contribution in [2.45, 2.75) is 26.8 Å². The lowest BCUT2D eigenvalue weighted by Gasteiger charge is -2.14. The van der Waals surface area contributed by atoms with Gasteiger partial charge in [-0.2, -0.15) is 5.10 Å². The minimum Gasteiger partial charge on any atom is -0.346 e. The van der Waals surface area contributed by atoms with Gasteiger partial charge in [0.2, 0.25) is 5.95 Å². The fraction of sp³-hybridized carbons (Fsp3) is 0.308. The van der Waals surface area contributed by atoms with Crippen LogP contribution in [0.25, 0.3) is 0 Å². The smallest absolute Gasteiger partial charge is 0.243 e. The molecule has 1 heterocycles. The highest BCUT2D eigenvalue weighted by Crippen LogP contribution is 2.20. The number of nitrogens with one attached hydrogen (secondary N) is 1. The van der Waals surface area contributed by atoms with Crippen LogP contribution >= 0.6 is 11.6 Å². The molecule has 5 heteroatoms. The fourth-order valence-corrected chi connectivity index (χ4v) is 1.77. The van der Waals surface area contributed by atoms with Crippen molar-refractivity contribution in [1.29, 1.82) is 0 Å². The zero-order chi connectivity index (χ0) is 13.1. The summed E-state index contributed by atoms with van der Waals surface area (Å²) in [5, 5.41) is 12.0. The van der Waals surface area contributed by atoms with Crippen molar-refractivity contribution < 1.29 is 0 Å². The number of halogens is 1. The first-order valence-corrected chi connectivity index (χ1v) is 6.14. The summed E-state index contributed by atoms with van der Waals surface area (Å²) in [6.45, 7) is 5.84. The highest BCUT2D eigenvalue weighted by Gasteiger charge is 2.08. The molecule has 1 N–H and O–H groups in total. The van der Waals surface area contributed by atoms with Crippen LogP contribution in [-0.2, 0) is 0 Å². The zero-order valence-electron chi connectivity index (χ0n) is 10.6. The normalized spacial score (nSPS) is 12.2. The van der Waals surface area contributed by atoms with Crippen LogP contribution in [0.15, 0.2) is 24.3 Å². The third-order valence-electron chi connectivity index (χ3n) is 2.79. The van der Waals surface area contributed by atoms with Gasteiger partial charge in [-0.1, -0.05) is 23.7 Å². The van der Waals surface area contributed by atoms with Crippen LogP contribution < -0.4 is 5.32 Å². The van der Waals surface area contributed by atoms with Crippen molar-refractivity contribution in [3.63, 3.8) is 0 Å². The van der Waals surface area contributed by atoms with E-state index in [9.17, 15) is 0 Å². The number of anilines is 1. The molecule has 0 saturated carbocycles. The summed E-state index contributed by atoms with van der Waals surface area (Å²) in [6, 6.07) is 7.79. The van der Waals surface area contributed by atoms with Gasteiger partial charge in [-0.15, -0.1) is 5.10 Å². The topological polar surface area (TPSA) is 50.7 Å². The largest absolute Gasteiger partial charge is 0.346 e. The fourth-order valence-electron chi connectivity index (χ4n) is 1.57. The van der Waals surface area contributed by atoms with Gasteiger partial charge in [-0.3, -0.25) is 0 Å². The first kappa shape index (κ1) is 12.8. The van der Waals surface area contributed by atoms with Crippen LogP contribution in [0, 0.1) is 13.8 Å². The van der Waals surface area contributed by atoms with E-state index in [-0.39, 0.29) is 6.04 Å². The lowest BCUT2D eigenvalue weighted by molar-refractivity contribution is 0.821. The summed E-state index contributed by atoms with van der Waals surface area (Å²) in [5.41, 5.74) is 2.81. The molecule has 94 valence electrons. The summed E-state index contributed by atoms with van der Waals surface area (Å²) in [7, 11) is 0. The SMILES string of the molecule is Cc1nnc(NC(C)c2cccc(Cl)c2)nc1C. The number of benzene rings is 1. The van der Waals surface area contributed by atoms with Gasteiger partial charge in [0.15, 0.2) is 0 Å². The molecule has 0 fully saturated rings. The van der Waals surface area contributed by atoms with E-state index >= 15 is 0 Å². The summed E-state index contributed by atoms with van der Waals surface area (Å²) in [4.78, 5) is 4.34. The molecule has 1 aromatic heterocycles. The molecule has 0 aliphatic heterocycles. The molecule has 0 saturated heterocycles. The van der Waals surface area contributed by atoms with Gasteiger partial charge in [-0.25, -0.2) is 4.98 Å². The predicted molar refractivity (Wildman–Crippen MR) is 72.8 cm³/mol. The number of hydrogen-bond acceptors (Lipinski definition) is 4. The Labute approximate surface area is 111 Å². The standard InChI is InChI=1S/C13H15ClN4/c1-8-9(2)17-18-13(15-8)16-10(3)11-5-4-6-12(14)7-11/h4-7,10H,1-3H3,(H,15,16,18). The van der Waals surface area contributed by atoms with E-state index in [1.807, 2.05) is 45.0 Å². The third kappa shape index (κ3) is 2.96. The van der Waals surface area contributed by atoms with E-state index < -0.39 is 0 Å². The van der Waals surface area contributed by atoms with Crippen LogP contribution in [0.4, 0.5) is 5.95 Å². The highest BCUT2D eigenvalue weighted by atomic mass is 35.5. The Morgan fingerprint density at radius 2 is 1.94 bits per heavy atom. The van der Waals surface area contributed by atoms with Crippen molar-refractivity contribution in [2.75, 3.05) is 5.32 Å². The second kappa shape index (κ2) is 5.31. The van der Waals surface area contributed by atoms with Crippen molar-refractivity contribution in [2.24, 2.45) is 0 Å². The quantitative estimate of drug-likeness (QED) is 0.922. The molecule has 1 atom stereocenters. The number of nitrogens with zero attached hydrogens (tertiary/aromatic N) is 3. The maximum atomic E-state index is 5.97. The van der Waals surface area contributed by atoms with E-state index in [1.165, 1.54) is 0 Å². The lowest BCUT2D eigenvalue weighted by Crippen LogP contribution is -2.11. The number of hydrogen-bond donors (Lipinski definition) is 1. The van der Waals surface area contributed by atoms with Crippen molar-refractivity contribution in [1.82, 2.24) is 15.2 Å². The Balaban J connectivity index is 2.16. The molecule has 4 nitrogen and oxygen atoms in total. The Hall–Kier alpha value is -1.68. The van der Waals surface area contributed by atoms with E-state index in [2.05, 4.69) is 20.5 Å². The maximum absolute atomic E-state index is 5.97. The van der Waals surface area contributed by atoms with Gasteiger partial charge in [0, 0.05) is 5.02 Å². The zero-order valence-corrected chi connectivity index (χ0v) is 11.4. The number of rotatable bonds is 3. The molecule has 0 amide bonds. The monoisotopic (exact) mass is 262 g/mol. The minimum absolute atomic E-state index is 0.0765. The van der Waals surface area contributed by atoms with Crippen molar-refractivity contribution in [3.05, 3.63) is 46.2 Å². The first-order chi connectivity index (χ1) is 8.56. The Kier molecular flexibility index (Phi) is 3.77. The van der Waals surface area contributed by atoms with E-state index in [0.29, 0.717) is 5.95 Å². The molecule has 0 aliphatic rings. The minimum atomic E-state index is 0.0765. The van der Waals surface area contributed by atoms with Crippen molar-refractivity contribution in [3.8, 4) is 0 Å². The van der Waals surface area contributed by atoms with Gasteiger partial charge in [0.05, 0.1) is 17.4 Å². The molecule has 18 heavy (non-hydrogen) atoms. The molecule has 0 bridgehead atoms. The second-order valence-corrected chi connectivity index (χ2v) is 4.66. The Morgan fingerprint density at radius 1 is 1.17 bits per heavy atom. The van der Waals surface area contributed by atoms with Crippen LogP contribution in [0.2, 0.25) is 5.02 Å². The molecule has 0 aliphatic carbocycles. The third-order valence-corrected chi connectivity index (χ3v) is 3.02. The molecule has 0 radical (unpaired) electrons. The second-order valence-electron chi connectivity index (χ2n) is 4.23. The van der Waals surface area contributed by atoms with E-state index in [0.717, 1.165) is 22.0 Å². The van der Waals surface area contributed by atoms with Crippen LogP contribution in [0.3, 0.4) is 0 Å². The first-order valence-electron chi connectivity index (χ1n) is 5.76. The Bertz CT molecular complexity index is 556. The van der Waals surface area contributed by atoms with Crippen LogP contribution in [-0.4, -0.2) is 15.2 Å². The van der Waals surface area contributed by atoms with Gasteiger partial charge >= 0.3 is 0 Å². The molecular weight excluding hydrogens is 248 g/mol. The summed E-state index contributed by atoms with van der Waals surface area (Å²) < 4.78 is 0. The summed E-state index contributed by atoms with van der Waals surface area (Å²) in [5.74, 6) is 0.533. The van der Waals surface area contributed by atoms with E-state index in [1.54, 1.807) is 0 Å².